The lowest BCUT2D eigenvalue weighted by Crippen LogP contribution is -2.48. The van der Waals surface area contributed by atoms with Crippen LogP contribution in [-0.4, -0.2) is 23.2 Å². The van der Waals surface area contributed by atoms with E-state index in [4.69, 9.17) is 0 Å². The highest BCUT2D eigenvalue weighted by Crippen LogP contribution is 2.40. The van der Waals surface area contributed by atoms with Crippen molar-refractivity contribution >= 4 is 0 Å². The van der Waals surface area contributed by atoms with Gasteiger partial charge in [-0.15, -0.1) is 0 Å². The van der Waals surface area contributed by atoms with Crippen LogP contribution in [0.1, 0.15) is 13.8 Å². The van der Waals surface area contributed by atoms with E-state index in [1.165, 1.54) is 0 Å². The van der Waals surface area contributed by atoms with Gasteiger partial charge in [0.2, 0.25) is 5.95 Å². The van der Waals surface area contributed by atoms with Crippen molar-refractivity contribution in [2.45, 2.75) is 32.1 Å². The molecule has 0 aliphatic heterocycles. The number of allylic oxidation sites excluding steroid dienone is 1. The van der Waals surface area contributed by atoms with Crippen LogP contribution >= 0.6 is 0 Å². The van der Waals surface area contributed by atoms with Crippen molar-refractivity contribution in [3.05, 3.63) is 11.8 Å². The lowest BCUT2D eigenvalue weighted by atomic mass is 10.4. The van der Waals surface area contributed by atoms with E-state index >= 15 is 0 Å². The fraction of sp³-hybridized carbons (Fsp3) is 0.714. The Kier molecular flexibility index (Phi) is 4.02. The molecule has 1 nitrogen and oxygen atoms in total. The highest BCUT2D eigenvalue weighted by Gasteiger charge is 2.51. The molecule has 0 bridgehead atoms. The maximum absolute atomic E-state index is 12.7. The van der Waals surface area contributed by atoms with Gasteiger partial charge in [-0.1, -0.05) is 0 Å². The zero-order valence-corrected chi connectivity index (χ0v) is 8.35. The minimum absolute atomic E-state index is 0.298. The zero-order valence-electron chi connectivity index (χ0n) is 8.35. The Morgan fingerprint density at radius 2 is 1.06 bits per heavy atom. The maximum atomic E-state index is 12.7. The third-order valence-corrected chi connectivity index (χ3v) is 1.41. The summed E-state index contributed by atoms with van der Waals surface area (Å²) in [6.45, 7) is -0.596. The third kappa shape index (κ3) is 4.00. The SMILES string of the molecule is CC(F)(F)N(/C(F)=C(\F)C(F)(F)F)C(C)(F)F. The maximum Gasteiger partial charge on any atom is 0.447 e. The predicted octanol–water partition coefficient (Wildman–Crippen LogP) is 4.18. The molecule has 0 saturated carbocycles. The quantitative estimate of drug-likeness (QED) is 0.551. The number of rotatable bonds is 3. The van der Waals surface area contributed by atoms with Crippen molar-refractivity contribution in [3.63, 3.8) is 0 Å². The Bertz CT molecular complexity index is 291. The topological polar surface area (TPSA) is 3.24 Å². The predicted molar refractivity (Wildman–Crippen MR) is 38.4 cm³/mol. The van der Waals surface area contributed by atoms with Gasteiger partial charge in [-0.3, -0.25) is 0 Å². The molecule has 0 amide bonds. The van der Waals surface area contributed by atoms with E-state index < -0.39 is 34.9 Å². The van der Waals surface area contributed by atoms with E-state index in [-0.39, 0.29) is 13.8 Å². The summed E-state index contributed by atoms with van der Waals surface area (Å²) in [5.41, 5.74) is 0. The smallest absolute Gasteiger partial charge is 0.226 e. The minimum Gasteiger partial charge on any atom is -0.226 e. The lowest BCUT2D eigenvalue weighted by Gasteiger charge is -2.33. The molecule has 0 N–H and O–H groups in total. The van der Waals surface area contributed by atoms with Gasteiger partial charge < -0.3 is 0 Å². The highest BCUT2D eigenvalue weighted by molar-refractivity contribution is 5.07. The second kappa shape index (κ2) is 4.30. The number of hydrogen-bond donors (Lipinski definition) is 0. The minimum atomic E-state index is -5.97. The molecule has 0 aromatic rings. The van der Waals surface area contributed by atoms with E-state index in [1.807, 2.05) is 0 Å². The first-order valence-electron chi connectivity index (χ1n) is 3.87. The summed E-state index contributed by atoms with van der Waals surface area (Å²) in [5.74, 6) is -7.03. The third-order valence-electron chi connectivity index (χ3n) is 1.41. The standard InChI is InChI=1S/C7H6F9N/c1-5(10,11)17(6(2,12)13)4(9)3(8)7(14,15)16/h1-2H3/b4-3-. The molecule has 102 valence electrons. The second-order valence-electron chi connectivity index (χ2n) is 3.12. The van der Waals surface area contributed by atoms with Crippen LogP contribution in [0.2, 0.25) is 0 Å². The van der Waals surface area contributed by atoms with Crippen LogP contribution in [0.25, 0.3) is 0 Å². The van der Waals surface area contributed by atoms with Crippen LogP contribution in [0.15, 0.2) is 11.8 Å². The summed E-state index contributed by atoms with van der Waals surface area (Å²) in [6, 6.07) is -9.43. The fourth-order valence-electron chi connectivity index (χ4n) is 0.905. The van der Waals surface area contributed by atoms with Crippen LogP contribution in [0.5, 0.6) is 0 Å². The van der Waals surface area contributed by atoms with Crippen LogP contribution in [-0.2, 0) is 0 Å². The summed E-state index contributed by atoms with van der Waals surface area (Å²) in [6.07, 6.45) is -5.97. The molecule has 0 spiro atoms. The molecule has 0 aromatic carbocycles. The summed E-state index contributed by atoms with van der Waals surface area (Å²) < 4.78 is 110. The van der Waals surface area contributed by atoms with E-state index in [2.05, 4.69) is 0 Å². The van der Waals surface area contributed by atoms with E-state index in [0.717, 1.165) is 0 Å². The number of alkyl halides is 7. The van der Waals surface area contributed by atoms with Gasteiger partial charge in [-0.25, -0.2) is 4.90 Å². The molecule has 0 atom stereocenters. The fourth-order valence-corrected chi connectivity index (χ4v) is 0.905. The van der Waals surface area contributed by atoms with E-state index in [0.29, 0.717) is 0 Å². The molecular formula is C7H6F9N. The Balaban J connectivity index is 5.69. The molecule has 0 aliphatic carbocycles. The van der Waals surface area contributed by atoms with Gasteiger partial charge in [-0.2, -0.15) is 39.5 Å². The van der Waals surface area contributed by atoms with Crippen molar-refractivity contribution in [1.82, 2.24) is 4.90 Å². The molecule has 10 heteroatoms. The molecule has 0 fully saturated rings. The summed E-state index contributed by atoms with van der Waals surface area (Å²) in [4.78, 5) is -1.89. The molecule has 17 heavy (non-hydrogen) atoms. The van der Waals surface area contributed by atoms with E-state index in [9.17, 15) is 39.5 Å². The molecule has 0 aromatic heterocycles. The van der Waals surface area contributed by atoms with Gasteiger partial charge in [0.1, 0.15) is 0 Å². The second-order valence-corrected chi connectivity index (χ2v) is 3.12. The Morgan fingerprint density at radius 1 is 0.765 bits per heavy atom. The van der Waals surface area contributed by atoms with Crippen LogP contribution in [0.3, 0.4) is 0 Å². The number of nitrogens with zero attached hydrogens (tertiary/aromatic N) is 1. The number of hydrogen-bond acceptors (Lipinski definition) is 1. The van der Waals surface area contributed by atoms with Crippen LogP contribution < -0.4 is 0 Å². The van der Waals surface area contributed by atoms with Crippen LogP contribution in [0, 0.1) is 0 Å². The van der Waals surface area contributed by atoms with Gasteiger partial charge in [0, 0.05) is 13.8 Å². The molecule has 0 unspecified atom stereocenters. The lowest BCUT2D eigenvalue weighted by molar-refractivity contribution is -0.252. The largest absolute Gasteiger partial charge is 0.447 e. The van der Waals surface area contributed by atoms with E-state index in [1.54, 1.807) is 0 Å². The Labute approximate surface area is 89.5 Å². The average Bonchev–Trinajstić information content (AvgIpc) is 1.94. The summed E-state index contributed by atoms with van der Waals surface area (Å²) in [7, 11) is 0. The van der Waals surface area contributed by atoms with Gasteiger partial charge in [0.25, 0.3) is 5.83 Å². The van der Waals surface area contributed by atoms with Crippen molar-refractivity contribution in [2.75, 3.05) is 0 Å². The van der Waals surface area contributed by atoms with Crippen LogP contribution in [0.4, 0.5) is 39.5 Å². The zero-order chi connectivity index (χ0) is 14.2. The monoisotopic (exact) mass is 275 g/mol. The highest BCUT2D eigenvalue weighted by atomic mass is 19.4. The number of halogens is 9. The molecule has 0 heterocycles. The first-order valence-corrected chi connectivity index (χ1v) is 3.87. The average molecular weight is 275 g/mol. The normalized spacial score (nSPS) is 15.7. The first-order chi connectivity index (χ1) is 7.19. The molecule has 0 aliphatic rings. The molecule has 0 saturated heterocycles. The molecule has 0 radical (unpaired) electrons. The Hall–Kier alpha value is -1.09. The summed E-state index contributed by atoms with van der Waals surface area (Å²) in [5, 5.41) is 0. The van der Waals surface area contributed by atoms with Gasteiger partial charge in [0.05, 0.1) is 0 Å². The summed E-state index contributed by atoms with van der Waals surface area (Å²) >= 11 is 0. The van der Waals surface area contributed by atoms with Crippen molar-refractivity contribution in [1.29, 1.82) is 0 Å². The van der Waals surface area contributed by atoms with Crippen molar-refractivity contribution in [2.24, 2.45) is 0 Å². The Morgan fingerprint density at radius 3 is 1.24 bits per heavy atom. The van der Waals surface area contributed by atoms with Gasteiger partial charge in [-0.05, 0) is 0 Å². The first kappa shape index (κ1) is 15.9. The molecular weight excluding hydrogens is 269 g/mol. The van der Waals surface area contributed by atoms with Crippen molar-refractivity contribution in [3.8, 4) is 0 Å². The molecule has 0 rings (SSSR count). The van der Waals surface area contributed by atoms with Gasteiger partial charge >= 0.3 is 18.3 Å². The van der Waals surface area contributed by atoms with Crippen molar-refractivity contribution < 1.29 is 39.5 Å². The van der Waals surface area contributed by atoms with Gasteiger partial charge in [0.15, 0.2) is 0 Å².